The third-order valence-electron chi connectivity index (χ3n) is 10.2. The Bertz CT molecular complexity index is 977. The van der Waals surface area contributed by atoms with Gasteiger partial charge in [-0.25, -0.2) is 9.59 Å². The van der Waals surface area contributed by atoms with E-state index in [2.05, 4.69) is 0 Å². The van der Waals surface area contributed by atoms with Crippen molar-refractivity contribution in [3.63, 3.8) is 0 Å². The zero-order chi connectivity index (χ0) is 25.9. The minimum Gasteiger partial charge on any atom is -0.459 e. The number of rotatable bonds is 3. The van der Waals surface area contributed by atoms with E-state index in [4.69, 9.17) is 14.2 Å². The molecule has 2 saturated heterocycles. The predicted molar refractivity (Wildman–Crippen MR) is 118 cm³/mol. The van der Waals surface area contributed by atoms with Gasteiger partial charge in [-0.3, -0.25) is 0 Å². The fourth-order valence-corrected chi connectivity index (χ4v) is 8.28. The van der Waals surface area contributed by atoms with Gasteiger partial charge in [0.15, 0.2) is 11.4 Å². The topological polar surface area (TPSA) is 163 Å². The number of esters is 2. The average Bonchev–Trinajstić information content (AvgIpc) is 3.08. The second kappa shape index (κ2) is 7.49. The van der Waals surface area contributed by atoms with E-state index in [-0.39, 0.29) is 18.9 Å². The summed E-state index contributed by atoms with van der Waals surface area (Å²) < 4.78 is 17.4. The smallest absolute Gasteiger partial charge is 0.348 e. The molecule has 5 N–H and O–H groups in total. The Hall–Kier alpha value is -1.56. The number of allylic oxidation sites excluding steroid dienone is 1. The first-order valence-electron chi connectivity index (χ1n) is 12.4. The summed E-state index contributed by atoms with van der Waals surface area (Å²) in [7, 11) is 0. The van der Waals surface area contributed by atoms with Crippen LogP contribution in [0.25, 0.3) is 0 Å². The quantitative estimate of drug-likeness (QED) is 0.258. The highest BCUT2D eigenvalue weighted by Gasteiger charge is 2.83. The summed E-state index contributed by atoms with van der Waals surface area (Å²) in [5.41, 5.74) is -3.29. The third-order valence-corrected chi connectivity index (χ3v) is 10.2. The second-order valence-corrected chi connectivity index (χ2v) is 11.8. The molecule has 13 atom stereocenters. The Labute approximate surface area is 203 Å². The molecule has 3 aliphatic carbocycles. The Balaban J connectivity index is 1.68. The number of fused-ring (bicyclic) bond motifs is 1. The highest BCUT2D eigenvalue weighted by atomic mass is 16.7. The molecule has 5 rings (SSSR count). The molecule has 10 nitrogen and oxygen atoms in total. The summed E-state index contributed by atoms with van der Waals surface area (Å²) in [4.78, 5) is 26.1. The summed E-state index contributed by atoms with van der Waals surface area (Å²) >= 11 is 0. The zero-order valence-electron chi connectivity index (χ0n) is 20.7. The lowest BCUT2D eigenvalue weighted by molar-refractivity contribution is -0.345. The highest BCUT2D eigenvalue weighted by molar-refractivity contribution is 5.84. The number of hydrogen-bond acceptors (Lipinski definition) is 10. The van der Waals surface area contributed by atoms with Crippen LogP contribution >= 0.6 is 0 Å². The van der Waals surface area contributed by atoms with Crippen LogP contribution in [0.3, 0.4) is 0 Å². The van der Waals surface area contributed by atoms with Gasteiger partial charge in [0.1, 0.15) is 12.2 Å². The number of carbonyl (C=O) groups excluding carboxylic acids is 2. The van der Waals surface area contributed by atoms with E-state index in [0.717, 1.165) is 5.57 Å². The Kier molecular flexibility index (Phi) is 5.37. The molecule has 0 aromatic heterocycles. The first kappa shape index (κ1) is 25.1. The summed E-state index contributed by atoms with van der Waals surface area (Å²) in [5.74, 6) is -6.72. The van der Waals surface area contributed by atoms with Gasteiger partial charge in [-0.15, -0.1) is 0 Å². The van der Waals surface area contributed by atoms with E-state index in [9.17, 15) is 35.1 Å². The van der Waals surface area contributed by atoms with Crippen LogP contribution in [0.15, 0.2) is 11.6 Å². The van der Waals surface area contributed by atoms with Crippen molar-refractivity contribution in [3.8, 4) is 0 Å². The summed E-state index contributed by atoms with van der Waals surface area (Å²) in [6.07, 6.45) is -4.18. The van der Waals surface area contributed by atoms with Gasteiger partial charge in [0.2, 0.25) is 6.10 Å². The van der Waals surface area contributed by atoms with Crippen molar-refractivity contribution in [1.29, 1.82) is 0 Å². The molecule has 0 unspecified atom stereocenters. The standard InChI is InChI=1S/C25H36O10/c1-6-22(4,31)21(30)35-16-15-11(3)17(27)25(32)20-23(5)12(10(2)7-13(26)18(23)28)8-14(34-19(16)29)24(15,20)9-33-25/h7,11-18,20,26-28,31-32H,6,8-9H2,1-5H3/t11-,12-,13+,14+,15-,16+,17-,18+,20-,22-,23+,24-,25+/m0/s1. The van der Waals surface area contributed by atoms with Crippen LogP contribution in [-0.2, 0) is 23.8 Å². The minimum absolute atomic E-state index is 0.0607. The molecule has 2 heterocycles. The number of hydrogen-bond donors (Lipinski definition) is 5. The van der Waals surface area contributed by atoms with Gasteiger partial charge in [0.05, 0.1) is 18.8 Å². The van der Waals surface area contributed by atoms with Gasteiger partial charge in [-0.1, -0.05) is 32.4 Å². The fourth-order valence-electron chi connectivity index (χ4n) is 8.28. The Morgan fingerprint density at radius 3 is 2.57 bits per heavy atom. The van der Waals surface area contributed by atoms with Gasteiger partial charge in [0.25, 0.3) is 0 Å². The molecular weight excluding hydrogens is 460 g/mol. The van der Waals surface area contributed by atoms with E-state index in [1.54, 1.807) is 26.8 Å². The first-order valence-corrected chi connectivity index (χ1v) is 12.4. The maximum atomic E-state index is 13.3. The summed E-state index contributed by atoms with van der Waals surface area (Å²) in [6.45, 7) is 8.06. The normalized spacial score (nSPS) is 54.1. The second-order valence-electron chi connectivity index (χ2n) is 11.8. The largest absolute Gasteiger partial charge is 0.459 e. The van der Waals surface area contributed by atoms with Crippen molar-refractivity contribution in [2.75, 3.05) is 6.61 Å². The molecular formula is C25H36O10. The van der Waals surface area contributed by atoms with Crippen LogP contribution in [0.4, 0.5) is 0 Å². The molecule has 1 spiro atoms. The number of aliphatic hydroxyl groups excluding tert-OH is 3. The van der Waals surface area contributed by atoms with E-state index in [0.29, 0.717) is 6.42 Å². The number of aliphatic hydroxyl groups is 5. The molecule has 196 valence electrons. The summed E-state index contributed by atoms with van der Waals surface area (Å²) in [6, 6.07) is 0. The van der Waals surface area contributed by atoms with Crippen molar-refractivity contribution < 1.29 is 49.3 Å². The SMILES string of the molecule is CC[C@](C)(O)C(=O)O[C@H]1C(=O)O[C@@H]2C[C@H]3C(C)=C[C@@H](O)[C@@H](O)[C@]3(C)[C@@H]3[C@]4(O)OC[C@@]23[C@H]1[C@H](C)[C@@H]4O. The highest BCUT2D eigenvalue weighted by Crippen LogP contribution is 2.74. The van der Waals surface area contributed by atoms with E-state index in [1.807, 2.05) is 6.92 Å². The Morgan fingerprint density at radius 1 is 1.29 bits per heavy atom. The number of ether oxygens (including phenoxy) is 3. The van der Waals surface area contributed by atoms with Crippen molar-refractivity contribution in [1.82, 2.24) is 0 Å². The summed E-state index contributed by atoms with van der Waals surface area (Å²) in [5, 5.41) is 55.6. The van der Waals surface area contributed by atoms with E-state index in [1.165, 1.54) is 6.92 Å². The molecule has 2 saturated carbocycles. The van der Waals surface area contributed by atoms with Crippen LogP contribution in [0, 0.1) is 34.5 Å². The van der Waals surface area contributed by atoms with Gasteiger partial charge in [-0.05, 0) is 38.5 Å². The fraction of sp³-hybridized carbons (Fsp3) is 0.840. The van der Waals surface area contributed by atoms with Crippen molar-refractivity contribution in [3.05, 3.63) is 11.6 Å². The third kappa shape index (κ3) is 2.86. The van der Waals surface area contributed by atoms with Gasteiger partial charge in [-0.2, -0.15) is 0 Å². The lowest BCUT2D eigenvalue weighted by Crippen LogP contribution is -2.78. The lowest BCUT2D eigenvalue weighted by atomic mass is 9.38. The van der Waals surface area contributed by atoms with Gasteiger partial charge >= 0.3 is 11.9 Å². The Morgan fingerprint density at radius 2 is 1.94 bits per heavy atom. The molecule has 5 aliphatic rings. The van der Waals surface area contributed by atoms with Crippen LogP contribution in [-0.4, -0.2) is 86.0 Å². The molecule has 0 aromatic carbocycles. The molecule has 0 amide bonds. The predicted octanol–water partition coefficient (Wildman–Crippen LogP) is -0.359. The number of carbonyl (C=O) groups is 2. The van der Waals surface area contributed by atoms with Crippen molar-refractivity contribution >= 4 is 11.9 Å². The maximum absolute atomic E-state index is 13.3. The molecule has 2 aliphatic heterocycles. The van der Waals surface area contributed by atoms with Crippen LogP contribution < -0.4 is 0 Å². The molecule has 10 heteroatoms. The first-order chi connectivity index (χ1) is 16.2. The van der Waals surface area contributed by atoms with Crippen molar-refractivity contribution in [2.24, 2.45) is 34.5 Å². The van der Waals surface area contributed by atoms with Crippen LogP contribution in [0.1, 0.15) is 47.5 Å². The van der Waals surface area contributed by atoms with Crippen LogP contribution in [0.5, 0.6) is 0 Å². The van der Waals surface area contributed by atoms with Gasteiger partial charge in [0, 0.05) is 22.7 Å². The van der Waals surface area contributed by atoms with E-state index >= 15 is 0 Å². The lowest BCUT2D eigenvalue weighted by Gasteiger charge is -2.68. The minimum atomic E-state index is -2.08. The zero-order valence-corrected chi connectivity index (χ0v) is 20.7. The van der Waals surface area contributed by atoms with Crippen molar-refractivity contribution in [2.45, 2.75) is 89.4 Å². The molecule has 35 heavy (non-hydrogen) atoms. The molecule has 0 radical (unpaired) electrons. The monoisotopic (exact) mass is 496 g/mol. The van der Waals surface area contributed by atoms with Gasteiger partial charge < -0.3 is 39.7 Å². The molecule has 2 bridgehead atoms. The maximum Gasteiger partial charge on any atom is 0.348 e. The van der Waals surface area contributed by atoms with E-state index < -0.39 is 82.4 Å². The molecule has 0 aromatic rings. The molecule has 4 fully saturated rings. The van der Waals surface area contributed by atoms with Crippen LogP contribution in [0.2, 0.25) is 0 Å². The average molecular weight is 497 g/mol.